The highest BCUT2D eigenvalue weighted by molar-refractivity contribution is 6.00. The molecule has 1 heterocycles. The Balaban J connectivity index is 2.31. The van der Waals surface area contributed by atoms with Crippen LogP contribution in [0.5, 0.6) is 0 Å². The number of morpholine rings is 1. The lowest BCUT2D eigenvalue weighted by Crippen LogP contribution is -2.50. The number of carbonyl (C=O) groups excluding carboxylic acids is 1. The number of carbonyl (C=O) groups is 1. The predicted molar refractivity (Wildman–Crippen MR) is 71.9 cm³/mol. The van der Waals surface area contributed by atoms with Gasteiger partial charge in [0.15, 0.2) is 0 Å². The Morgan fingerprint density at radius 3 is 2.89 bits per heavy atom. The molecule has 1 fully saturated rings. The van der Waals surface area contributed by atoms with Crippen LogP contribution in [0.15, 0.2) is 18.2 Å². The number of anilines is 1. The van der Waals surface area contributed by atoms with Gasteiger partial charge in [0.1, 0.15) is 5.82 Å². The lowest BCUT2D eigenvalue weighted by atomic mass is 10.1. The van der Waals surface area contributed by atoms with Crippen molar-refractivity contribution in [1.82, 2.24) is 4.90 Å². The summed E-state index contributed by atoms with van der Waals surface area (Å²) in [7, 11) is 1.61. The highest BCUT2D eigenvalue weighted by Crippen LogP contribution is 2.23. The van der Waals surface area contributed by atoms with Crippen molar-refractivity contribution >= 4 is 11.6 Å². The van der Waals surface area contributed by atoms with Crippen LogP contribution in [0.2, 0.25) is 0 Å². The summed E-state index contributed by atoms with van der Waals surface area (Å²) in [5, 5.41) is 2.76. The number of amides is 1. The Bertz CT molecular complexity index is 479. The molecule has 1 aromatic rings. The fraction of sp³-hybridized carbons (Fsp3) is 0.500. The van der Waals surface area contributed by atoms with Crippen LogP contribution >= 0.6 is 0 Å². The summed E-state index contributed by atoms with van der Waals surface area (Å²) in [6.45, 7) is 4.90. The number of hydrogen-bond donors (Lipinski definition) is 1. The molecular weight excluding hydrogens is 247 g/mol. The van der Waals surface area contributed by atoms with Gasteiger partial charge in [-0.15, -0.1) is 0 Å². The zero-order valence-electron chi connectivity index (χ0n) is 11.4. The zero-order valence-corrected chi connectivity index (χ0v) is 11.4. The highest BCUT2D eigenvalue weighted by Gasteiger charge is 2.29. The van der Waals surface area contributed by atoms with Crippen LogP contribution in [-0.4, -0.2) is 43.2 Å². The standard InChI is InChI=1S/C14H19FN2O2/c1-9-8-19-10(2)7-17(9)14(18)11-5-4-6-12(15)13(11)16-3/h4-6,9-10,16H,7-8H2,1-3H3. The van der Waals surface area contributed by atoms with E-state index in [9.17, 15) is 9.18 Å². The van der Waals surface area contributed by atoms with E-state index < -0.39 is 5.82 Å². The first-order chi connectivity index (χ1) is 9.04. The van der Waals surface area contributed by atoms with E-state index in [0.717, 1.165) is 0 Å². The second kappa shape index (κ2) is 5.57. The molecule has 0 radical (unpaired) electrons. The molecule has 1 saturated heterocycles. The van der Waals surface area contributed by atoms with Crippen LogP contribution in [0.4, 0.5) is 10.1 Å². The first-order valence-electron chi connectivity index (χ1n) is 6.43. The topological polar surface area (TPSA) is 41.6 Å². The number of benzene rings is 1. The van der Waals surface area contributed by atoms with Crippen molar-refractivity contribution in [3.05, 3.63) is 29.6 Å². The van der Waals surface area contributed by atoms with Crippen molar-refractivity contribution in [3.63, 3.8) is 0 Å². The number of ether oxygens (including phenoxy) is 1. The summed E-state index contributed by atoms with van der Waals surface area (Å²) >= 11 is 0. The minimum absolute atomic E-state index is 0.00308. The molecule has 104 valence electrons. The molecule has 0 spiro atoms. The first kappa shape index (κ1) is 13.8. The Morgan fingerprint density at radius 2 is 2.21 bits per heavy atom. The number of hydrogen-bond acceptors (Lipinski definition) is 3. The fourth-order valence-corrected chi connectivity index (χ4v) is 2.30. The van der Waals surface area contributed by atoms with Gasteiger partial charge in [-0.2, -0.15) is 0 Å². The molecule has 1 amide bonds. The van der Waals surface area contributed by atoms with Gasteiger partial charge in [-0.3, -0.25) is 4.79 Å². The van der Waals surface area contributed by atoms with Crippen LogP contribution in [0.25, 0.3) is 0 Å². The van der Waals surface area contributed by atoms with Crippen LogP contribution in [0.1, 0.15) is 24.2 Å². The van der Waals surface area contributed by atoms with E-state index >= 15 is 0 Å². The van der Waals surface area contributed by atoms with E-state index in [2.05, 4.69) is 5.32 Å². The molecule has 4 nitrogen and oxygen atoms in total. The van der Waals surface area contributed by atoms with Gasteiger partial charge in [-0.25, -0.2) is 4.39 Å². The first-order valence-corrected chi connectivity index (χ1v) is 6.43. The molecule has 5 heteroatoms. The minimum Gasteiger partial charge on any atom is -0.385 e. The SMILES string of the molecule is CNc1c(F)cccc1C(=O)N1CC(C)OCC1C. The zero-order chi connectivity index (χ0) is 14.0. The van der Waals surface area contributed by atoms with Crippen molar-refractivity contribution < 1.29 is 13.9 Å². The average Bonchev–Trinajstić information content (AvgIpc) is 2.40. The predicted octanol–water partition coefficient (Wildman–Crippen LogP) is 2.12. The largest absolute Gasteiger partial charge is 0.385 e. The Labute approximate surface area is 112 Å². The number of nitrogens with one attached hydrogen (secondary N) is 1. The summed E-state index contributed by atoms with van der Waals surface area (Å²) in [4.78, 5) is 14.3. The van der Waals surface area contributed by atoms with Gasteiger partial charge in [0.2, 0.25) is 0 Å². The molecular formula is C14H19FN2O2. The molecule has 2 atom stereocenters. The monoisotopic (exact) mass is 266 g/mol. The van der Waals surface area contributed by atoms with Gasteiger partial charge in [0.05, 0.1) is 30.0 Å². The van der Waals surface area contributed by atoms with E-state index in [4.69, 9.17) is 4.74 Å². The smallest absolute Gasteiger partial charge is 0.256 e. The second-order valence-corrected chi connectivity index (χ2v) is 4.86. The number of para-hydroxylation sites is 1. The summed E-state index contributed by atoms with van der Waals surface area (Å²) in [6, 6.07) is 4.53. The van der Waals surface area contributed by atoms with Gasteiger partial charge in [0, 0.05) is 13.6 Å². The van der Waals surface area contributed by atoms with E-state index in [1.807, 2.05) is 13.8 Å². The lowest BCUT2D eigenvalue weighted by Gasteiger charge is -2.37. The molecule has 0 saturated carbocycles. The van der Waals surface area contributed by atoms with Gasteiger partial charge >= 0.3 is 0 Å². The Hall–Kier alpha value is -1.62. The van der Waals surface area contributed by atoms with Crippen molar-refractivity contribution in [2.75, 3.05) is 25.5 Å². The number of rotatable bonds is 2. The molecule has 1 N–H and O–H groups in total. The molecule has 1 aromatic carbocycles. The lowest BCUT2D eigenvalue weighted by molar-refractivity contribution is -0.0386. The summed E-state index contributed by atoms with van der Waals surface area (Å²) in [5.41, 5.74) is 0.613. The van der Waals surface area contributed by atoms with E-state index in [0.29, 0.717) is 18.7 Å². The number of nitrogens with zero attached hydrogens (tertiary/aromatic N) is 1. The average molecular weight is 266 g/mol. The van der Waals surface area contributed by atoms with Crippen LogP contribution in [0, 0.1) is 5.82 Å². The van der Waals surface area contributed by atoms with Gasteiger partial charge in [-0.05, 0) is 26.0 Å². The molecule has 2 rings (SSSR count). The molecule has 0 aromatic heterocycles. The van der Waals surface area contributed by atoms with Gasteiger partial charge < -0.3 is 15.0 Å². The van der Waals surface area contributed by atoms with E-state index in [1.165, 1.54) is 6.07 Å². The normalized spacial score (nSPS) is 23.3. The van der Waals surface area contributed by atoms with Crippen LogP contribution < -0.4 is 5.32 Å². The maximum atomic E-state index is 13.7. The molecule has 19 heavy (non-hydrogen) atoms. The molecule has 0 aliphatic carbocycles. The quantitative estimate of drug-likeness (QED) is 0.891. The van der Waals surface area contributed by atoms with Gasteiger partial charge in [-0.1, -0.05) is 6.07 Å². The third-order valence-electron chi connectivity index (χ3n) is 3.36. The van der Waals surface area contributed by atoms with Crippen molar-refractivity contribution in [2.45, 2.75) is 26.0 Å². The maximum Gasteiger partial charge on any atom is 0.256 e. The Morgan fingerprint density at radius 1 is 1.47 bits per heavy atom. The second-order valence-electron chi connectivity index (χ2n) is 4.86. The third-order valence-corrected chi connectivity index (χ3v) is 3.36. The fourth-order valence-electron chi connectivity index (χ4n) is 2.30. The highest BCUT2D eigenvalue weighted by atomic mass is 19.1. The van der Waals surface area contributed by atoms with E-state index in [1.54, 1.807) is 24.1 Å². The summed E-state index contributed by atoms with van der Waals surface area (Å²) in [6.07, 6.45) is 0.00625. The molecule has 0 bridgehead atoms. The number of halogens is 1. The minimum atomic E-state index is -0.415. The summed E-state index contributed by atoms with van der Waals surface area (Å²) < 4.78 is 19.2. The van der Waals surface area contributed by atoms with Crippen LogP contribution in [-0.2, 0) is 4.74 Å². The third kappa shape index (κ3) is 2.71. The molecule has 2 unspecified atom stereocenters. The van der Waals surface area contributed by atoms with Crippen LogP contribution in [0.3, 0.4) is 0 Å². The summed E-state index contributed by atoms with van der Waals surface area (Å²) in [5.74, 6) is -0.575. The molecule has 1 aliphatic heterocycles. The maximum absolute atomic E-state index is 13.7. The van der Waals surface area contributed by atoms with Crippen molar-refractivity contribution in [3.8, 4) is 0 Å². The Kier molecular flexibility index (Phi) is 4.04. The van der Waals surface area contributed by atoms with Crippen molar-refractivity contribution in [2.24, 2.45) is 0 Å². The van der Waals surface area contributed by atoms with Crippen molar-refractivity contribution in [1.29, 1.82) is 0 Å². The van der Waals surface area contributed by atoms with Gasteiger partial charge in [0.25, 0.3) is 5.91 Å². The van der Waals surface area contributed by atoms with E-state index in [-0.39, 0.29) is 23.7 Å². The molecule has 1 aliphatic rings.